The van der Waals surface area contributed by atoms with Crippen LogP contribution in [0.4, 0.5) is 27.9 Å². The van der Waals surface area contributed by atoms with E-state index < -0.39 is 24.3 Å². The van der Waals surface area contributed by atoms with Crippen LogP contribution in [-0.2, 0) is 12.6 Å². The molecule has 1 saturated carbocycles. The Morgan fingerprint density at radius 2 is 1.85 bits per heavy atom. The van der Waals surface area contributed by atoms with Gasteiger partial charge in [0.05, 0.1) is 6.04 Å². The van der Waals surface area contributed by atoms with E-state index in [9.17, 15) is 22.0 Å². The molecule has 0 amide bonds. The van der Waals surface area contributed by atoms with Crippen molar-refractivity contribution < 1.29 is 22.0 Å². The zero-order valence-electron chi connectivity index (χ0n) is 18.2. The molecule has 2 aliphatic rings. The molecule has 34 heavy (non-hydrogen) atoms. The van der Waals surface area contributed by atoms with E-state index in [2.05, 4.69) is 19.9 Å². The number of nitrogens with zero attached hydrogens (tertiary/aromatic N) is 4. The van der Waals surface area contributed by atoms with Crippen molar-refractivity contribution in [1.29, 1.82) is 0 Å². The van der Waals surface area contributed by atoms with Crippen molar-refractivity contribution in [3.8, 4) is 0 Å². The number of aromatic amines is 1. The summed E-state index contributed by atoms with van der Waals surface area (Å²) in [5.41, 5.74) is 2.79. The number of aromatic nitrogens is 4. The van der Waals surface area contributed by atoms with Gasteiger partial charge in [-0.15, -0.1) is 0 Å². The highest BCUT2D eigenvalue weighted by molar-refractivity contribution is 6.31. The quantitative estimate of drug-likeness (QED) is 0.391. The molecule has 1 aromatic carbocycles. The van der Waals surface area contributed by atoms with E-state index in [1.807, 2.05) is 12.1 Å². The van der Waals surface area contributed by atoms with Crippen LogP contribution in [0.25, 0.3) is 10.9 Å². The van der Waals surface area contributed by atoms with Gasteiger partial charge in [-0.2, -0.15) is 23.1 Å². The Hall–Kier alpha value is -2.49. The molecule has 0 spiro atoms. The highest BCUT2D eigenvalue weighted by Gasteiger charge is 2.39. The topological polar surface area (TPSA) is 57.7 Å². The van der Waals surface area contributed by atoms with Gasteiger partial charge in [0.15, 0.2) is 0 Å². The fraction of sp³-hybridized carbons (Fsp3) is 0.522. The average Bonchev–Trinajstić information content (AvgIpc) is 3.17. The molecule has 0 saturated heterocycles. The van der Waals surface area contributed by atoms with Crippen molar-refractivity contribution >= 4 is 28.5 Å². The SMILES string of the molecule is FC(F)c1nc(N2CCc3c([nH]c4ccc(Cl)cc34)[C@@H]2CC2CCCCC2)nc(C(F)(F)F)n1. The van der Waals surface area contributed by atoms with Crippen LogP contribution in [0, 0.1) is 5.92 Å². The summed E-state index contributed by atoms with van der Waals surface area (Å²) in [6.07, 6.45) is -1.61. The fourth-order valence-corrected chi connectivity index (χ4v) is 5.47. The van der Waals surface area contributed by atoms with Crippen molar-refractivity contribution in [2.24, 2.45) is 5.92 Å². The standard InChI is InChI=1S/C23H23ClF5N5/c24-13-6-7-16-15(11-13)14-8-9-34(17(18(14)30-16)10-12-4-2-1-3-5-12)22-32-20(19(25)26)31-21(33-22)23(27,28)29/h6-7,11-12,17,19,30H,1-5,8-10H2/t17-/m0/s1. The molecule has 5 nitrogen and oxygen atoms in total. The van der Waals surface area contributed by atoms with Crippen LogP contribution >= 0.6 is 11.6 Å². The third-order valence-corrected chi connectivity index (χ3v) is 7.08. The maximum atomic E-state index is 13.4. The van der Waals surface area contributed by atoms with Crippen molar-refractivity contribution in [2.75, 3.05) is 11.4 Å². The van der Waals surface area contributed by atoms with Crippen LogP contribution in [0.1, 0.15) is 73.9 Å². The number of fused-ring (bicyclic) bond motifs is 3. The first kappa shape index (κ1) is 23.3. The average molecular weight is 500 g/mol. The second-order valence-corrected chi connectivity index (χ2v) is 9.46. The molecule has 0 radical (unpaired) electrons. The number of hydrogen-bond acceptors (Lipinski definition) is 4. The maximum Gasteiger partial charge on any atom is 0.451 e. The van der Waals surface area contributed by atoms with Crippen molar-refractivity contribution in [1.82, 2.24) is 19.9 Å². The Kier molecular flexibility index (Phi) is 6.12. The Morgan fingerprint density at radius 3 is 2.56 bits per heavy atom. The lowest BCUT2D eigenvalue weighted by atomic mass is 9.82. The highest BCUT2D eigenvalue weighted by Crippen LogP contribution is 2.43. The molecule has 0 unspecified atom stereocenters. The minimum absolute atomic E-state index is 0.299. The van der Waals surface area contributed by atoms with Crippen LogP contribution in [0.2, 0.25) is 5.02 Å². The van der Waals surface area contributed by atoms with Gasteiger partial charge in [0.25, 0.3) is 6.43 Å². The lowest BCUT2D eigenvalue weighted by Crippen LogP contribution is -2.38. The second kappa shape index (κ2) is 8.94. The minimum atomic E-state index is -4.96. The summed E-state index contributed by atoms with van der Waals surface area (Å²) in [4.78, 5) is 15.4. The number of rotatable bonds is 4. The number of anilines is 1. The van der Waals surface area contributed by atoms with Crippen molar-refractivity contribution in [3.63, 3.8) is 0 Å². The molecule has 3 heterocycles. The number of benzene rings is 1. The zero-order valence-corrected chi connectivity index (χ0v) is 18.9. The van der Waals surface area contributed by atoms with Gasteiger partial charge in [-0.05, 0) is 42.5 Å². The van der Waals surface area contributed by atoms with E-state index in [0.29, 0.717) is 30.3 Å². The first-order valence-electron chi connectivity index (χ1n) is 11.4. The van der Waals surface area contributed by atoms with Gasteiger partial charge < -0.3 is 9.88 Å². The number of alkyl halides is 5. The van der Waals surface area contributed by atoms with Crippen LogP contribution in [0.3, 0.4) is 0 Å². The van der Waals surface area contributed by atoms with E-state index >= 15 is 0 Å². The number of hydrogen-bond donors (Lipinski definition) is 1. The molecule has 11 heteroatoms. The number of halogens is 6. The van der Waals surface area contributed by atoms with Gasteiger partial charge in [0.1, 0.15) is 0 Å². The minimum Gasteiger partial charge on any atom is -0.356 e. The van der Waals surface area contributed by atoms with E-state index in [-0.39, 0.29) is 12.0 Å². The second-order valence-electron chi connectivity index (χ2n) is 9.02. The molecule has 1 N–H and O–H groups in total. The monoisotopic (exact) mass is 499 g/mol. The normalized spacial score (nSPS) is 19.7. The van der Waals surface area contributed by atoms with E-state index in [1.54, 1.807) is 11.0 Å². The summed E-state index contributed by atoms with van der Waals surface area (Å²) >= 11 is 6.21. The molecule has 1 aliphatic heterocycles. The Morgan fingerprint density at radius 1 is 1.09 bits per heavy atom. The molecular weight excluding hydrogens is 477 g/mol. The zero-order chi connectivity index (χ0) is 24.0. The summed E-state index contributed by atoms with van der Waals surface area (Å²) in [6, 6.07) is 5.15. The highest BCUT2D eigenvalue weighted by atomic mass is 35.5. The van der Waals surface area contributed by atoms with Crippen molar-refractivity contribution in [2.45, 2.75) is 63.6 Å². The smallest absolute Gasteiger partial charge is 0.356 e. The van der Waals surface area contributed by atoms with Crippen LogP contribution in [-0.4, -0.2) is 26.5 Å². The summed E-state index contributed by atoms with van der Waals surface area (Å²) in [5, 5.41) is 1.56. The van der Waals surface area contributed by atoms with Gasteiger partial charge >= 0.3 is 6.18 Å². The molecular formula is C23H23ClF5N5. The molecule has 0 bridgehead atoms. The number of H-pyrrole nitrogens is 1. The third kappa shape index (κ3) is 4.44. The van der Waals surface area contributed by atoms with Gasteiger partial charge in [0.2, 0.25) is 17.6 Å². The molecule has 182 valence electrons. The molecule has 2 aromatic heterocycles. The van der Waals surface area contributed by atoms with Gasteiger partial charge in [-0.25, -0.2) is 13.8 Å². The summed E-state index contributed by atoms with van der Waals surface area (Å²) in [6.45, 7) is 0.299. The molecule has 1 fully saturated rings. The van der Waals surface area contributed by atoms with Crippen LogP contribution in [0.15, 0.2) is 18.2 Å². The van der Waals surface area contributed by atoms with Gasteiger partial charge in [0, 0.05) is 28.2 Å². The third-order valence-electron chi connectivity index (χ3n) is 6.84. The Balaban J connectivity index is 1.61. The van der Waals surface area contributed by atoms with E-state index in [4.69, 9.17) is 11.6 Å². The molecule has 5 rings (SSSR count). The van der Waals surface area contributed by atoms with Crippen molar-refractivity contribution in [3.05, 3.63) is 46.1 Å². The summed E-state index contributed by atoms with van der Waals surface area (Å²) in [7, 11) is 0. The van der Waals surface area contributed by atoms with Gasteiger partial charge in [-0.3, -0.25) is 0 Å². The maximum absolute atomic E-state index is 13.4. The van der Waals surface area contributed by atoms with E-state index in [1.165, 1.54) is 6.42 Å². The number of nitrogens with one attached hydrogen (secondary N) is 1. The predicted octanol–water partition coefficient (Wildman–Crippen LogP) is 7.04. The molecule has 1 aliphatic carbocycles. The lowest BCUT2D eigenvalue weighted by molar-refractivity contribution is -0.145. The largest absolute Gasteiger partial charge is 0.451 e. The Bertz CT molecular complexity index is 1190. The lowest BCUT2D eigenvalue weighted by Gasteiger charge is -2.38. The summed E-state index contributed by atoms with van der Waals surface area (Å²) in [5.74, 6) is -2.75. The molecule has 1 atom stereocenters. The fourth-order valence-electron chi connectivity index (χ4n) is 5.30. The summed E-state index contributed by atoms with van der Waals surface area (Å²) < 4.78 is 67.1. The first-order chi connectivity index (χ1) is 16.2. The van der Waals surface area contributed by atoms with Crippen LogP contribution in [0.5, 0.6) is 0 Å². The van der Waals surface area contributed by atoms with E-state index in [0.717, 1.165) is 47.8 Å². The van der Waals surface area contributed by atoms with Gasteiger partial charge in [-0.1, -0.05) is 43.7 Å². The Labute approximate surface area is 197 Å². The predicted molar refractivity (Wildman–Crippen MR) is 118 cm³/mol. The van der Waals surface area contributed by atoms with Crippen LogP contribution < -0.4 is 4.90 Å². The first-order valence-corrected chi connectivity index (χ1v) is 11.8. The molecule has 3 aromatic rings.